The molecule has 0 aliphatic carbocycles. The summed E-state index contributed by atoms with van der Waals surface area (Å²) in [7, 11) is -3.05. The SMILES string of the molecule is CS(=O)(=O)CCCC(=O)Nc1cccc(CSCC(=O)O)c1. The number of nitrogens with one attached hydrogen (secondary N) is 1. The van der Waals surface area contributed by atoms with E-state index < -0.39 is 15.8 Å². The van der Waals surface area contributed by atoms with E-state index in [4.69, 9.17) is 5.11 Å². The van der Waals surface area contributed by atoms with Gasteiger partial charge in [-0.25, -0.2) is 8.42 Å². The van der Waals surface area contributed by atoms with Crippen LogP contribution in [0.3, 0.4) is 0 Å². The van der Waals surface area contributed by atoms with Crippen molar-refractivity contribution in [2.75, 3.05) is 23.1 Å². The molecule has 0 unspecified atom stereocenters. The molecule has 0 bridgehead atoms. The number of carbonyl (C=O) groups is 2. The Morgan fingerprint density at radius 2 is 2.05 bits per heavy atom. The number of thioether (sulfide) groups is 1. The molecule has 1 rings (SSSR count). The van der Waals surface area contributed by atoms with E-state index in [9.17, 15) is 18.0 Å². The first-order valence-corrected chi connectivity index (χ1v) is 9.84. The molecule has 2 N–H and O–H groups in total. The summed E-state index contributed by atoms with van der Waals surface area (Å²) in [5.74, 6) is -0.530. The van der Waals surface area contributed by atoms with Crippen LogP contribution in [0.5, 0.6) is 0 Å². The first-order chi connectivity index (χ1) is 10.3. The summed E-state index contributed by atoms with van der Waals surface area (Å²) in [5.41, 5.74) is 1.54. The standard InChI is InChI=1S/C14H19NO5S2/c1-22(19,20)7-3-6-13(16)15-12-5-2-4-11(8-12)9-21-10-14(17)18/h2,4-5,8H,3,6-7,9-10H2,1H3,(H,15,16)(H,17,18). The number of carboxylic acid groups (broad SMARTS) is 1. The maximum absolute atomic E-state index is 11.7. The Kier molecular flexibility index (Phi) is 7.40. The molecule has 22 heavy (non-hydrogen) atoms. The Hall–Kier alpha value is -1.54. The number of anilines is 1. The van der Waals surface area contributed by atoms with Crippen LogP contribution in [0.2, 0.25) is 0 Å². The molecule has 0 heterocycles. The van der Waals surface area contributed by atoms with Crippen molar-refractivity contribution in [2.45, 2.75) is 18.6 Å². The third-order valence-electron chi connectivity index (χ3n) is 2.62. The van der Waals surface area contributed by atoms with Crippen LogP contribution in [0.25, 0.3) is 0 Å². The van der Waals surface area contributed by atoms with Crippen molar-refractivity contribution in [2.24, 2.45) is 0 Å². The van der Waals surface area contributed by atoms with E-state index in [1.807, 2.05) is 6.07 Å². The number of sulfone groups is 1. The summed E-state index contributed by atoms with van der Waals surface area (Å²) in [5, 5.41) is 11.3. The molecule has 0 aliphatic rings. The van der Waals surface area contributed by atoms with Gasteiger partial charge in [-0.1, -0.05) is 12.1 Å². The molecule has 0 aliphatic heterocycles. The van der Waals surface area contributed by atoms with Gasteiger partial charge >= 0.3 is 5.97 Å². The average Bonchev–Trinajstić information content (AvgIpc) is 2.37. The molecule has 0 spiro atoms. The highest BCUT2D eigenvalue weighted by Gasteiger charge is 2.07. The second kappa shape index (κ2) is 8.79. The van der Waals surface area contributed by atoms with Crippen LogP contribution in [-0.2, 0) is 25.2 Å². The molecule has 0 aromatic heterocycles. The smallest absolute Gasteiger partial charge is 0.313 e. The van der Waals surface area contributed by atoms with Crippen molar-refractivity contribution in [1.82, 2.24) is 0 Å². The highest BCUT2D eigenvalue weighted by Crippen LogP contribution is 2.16. The molecule has 1 amide bonds. The quantitative estimate of drug-likeness (QED) is 0.707. The van der Waals surface area contributed by atoms with Gasteiger partial charge in [0.25, 0.3) is 0 Å². The minimum atomic E-state index is -3.05. The zero-order valence-corrected chi connectivity index (χ0v) is 13.9. The van der Waals surface area contributed by atoms with Crippen LogP contribution in [-0.4, -0.2) is 43.2 Å². The maximum Gasteiger partial charge on any atom is 0.313 e. The summed E-state index contributed by atoms with van der Waals surface area (Å²) >= 11 is 1.28. The zero-order chi connectivity index (χ0) is 16.6. The van der Waals surface area contributed by atoms with E-state index in [1.165, 1.54) is 11.8 Å². The lowest BCUT2D eigenvalue weighted by atomic mass is 10.2. The Morgan fingerprint density at radius 1 is 1.32 bits per heavy atom. The predicted octanol–water partition coefficient (Wildman–Crippen LogP) is 1.77. The van der Waals surface area contributed by atoms with Gasteiger partial charge in [-0.15, -0.1) is 11.8 Å². The van der Waals surface area contributed by atoms with E-state index in [0.717, 1.165) is 11.8 Å². The third kappa shape index (κ3) is 8.68. The van der Waals surface area contributed by atoms with Gasteiger partial charge in [-0.05, 0) is 24.1 Å². The molecule has 0 fully saturated rings. The highest BCUT2D eigenvalue weighted by molar-refractivity contribution is 7.99. The van der Waals surface area contributed by atoms with E-state index in [-0.39, 0.29) is 23.8 Å². The largest absolute Gasteiger partial charge is 0.481 e. The van der Waals surface area contributed by atoms with Crippen LogP contribution < -0.4 is 5.32 Å². The minimum absolute atomic E-state index is 0.00765. The third-order valence-corrected chi connectivity index (χ3v) is 4.64. The van der Waals surface area contributed by atoms with Crippen molar-refractivity contribution in [3.63, 3.8) is 0 Å². The lowest BCUT2D eigenvalue weighted by molar-refractivity contribution is -0.133. The average molecular weight is 345 g/mol. The monoisotopic (exact) mass is 345 g/mol. The van der Waals surface area contributed by atoms with Gasteiger partial charge in [0, 0.05) is 24.1 Å². The molecular formula is C14H19NO5S2. The molecule has 0 radical (unpaired) electrons. The van der Waals surface area contributed by atoms with Crippen molar-refractivity contribution >= 4 is 39.2 Å². The highest BCUT2D eigenvalue weighted by atomic mass is 32.2. The number of hydrogen-bond donors (Lipinski definition) is 2. The van der Waals surface area contributed by atoms with Gasteiger partial charge < -0.3 is 10.4 Å². The zero-order valence-electron chi connectivity index (χ0n) is 12.2. The summed E-state index contributed by atoms with van der Waals surface area (Å²) in [6.07, 6.45) is 1.58. The fourth-order valence-corrected chi connectivity index (χ4v) is 3.07. The Labute approximate surface area is 134 Å². The Balaban J connectivity index is 2.44. The second-order valence-electron chi connectivity index (χ2n) is 4.87. The van der Waals surface area contributed by atoms with Crippen molar-refractivity contribution in [3.8, 4) is 0 Å². The van der Waals surface area contributed by atoms with Crippen LogP contribution >= 0.6 is 11.8 Å². The van der Waals surface area contributed by atoms with Crippen LogP contribution in [0, 0.1) is 0 Å². The summed E-state index contributed by atoms with van der Waals surface area (Å²) in [4.78, 5) is 22.2. The lowest BCUT2D eigenvalue weighted by Crippen LogP contribution is -2.13. The molecule has 0 saturated carbocycles. The second-order valence-corrected chi connectivity index (χ2v) is 8.11. The molecular weight excluding hydrogens is 326 g/mol. The maximum atomic E-state index is 11.7. The molecule has 1 aromatic carbocycles. The Morgan fingerprint density at radius 3 is 2.68 bits per heavy atom. The Bertz CT molecular complexity index is 628. The summed E-state index contributed by atoms with van der Waals surface area (Å²) < 4.78 is 22.0. The molecule has 6 nitrogen and oxygen atoms in total. The van der Waals surface area contributed by atoms with Gasteiger partial charge in [-0.3, -0.25) is 9.59 Å². The van der Waals surface area contributed by atoms with Gasteiger partial charge in [0.2, 0.25) is 5.91 Å². The fraction of sp³-hybridized carbons (Fsp3) is 0.429. The molecule has 8 heteroatoms. The number of hydrogen-bond acceptors (Lipinski definition) is 5. The van der Waals surface area contributed by atoms with E-state index in [0.29, 0.717) is 17.9 Å². The topological polar surface area (TPSA) is 101 Å². The number of carbonyl (C=O) groups excluding carboxylic acids is 1. The number of aliphatic carboxylic acids is 1. The minimum Gasteiger partial charge on any atom is -0.481 e. The number of carboxylic acids is 1. The van der Waals surface area contributed by atoms with E-state index >= 15 is 0 Å². The van der Waals surface area contributed by atoms with Crippen molar-refractivity contribution in [1.29, 1.82) is 0 Å². The molecule has 1 aromatic rings. The van der Waals surface area contributed by atoms with Crippen molar-refractivity contribution < 1.29 is 23.1 Å². The van der Waals surface area contributed by atoms with Gasteiger partial charge in [0.15, 0.2) is 0 Å². The number of benzene rings is 1. The first kappa shape index (κ1) is 18.5. The van der Waals surface area contributed by atoms with Gasteiger partial charge in [0.1, 0.15) is 9.84 Å². The molecule has 0 atom stereocenters. The lowest BCUT2D eigenvalue weighted by Gasteiger charge is -2.07. The van der Waals surface area contributed by atoms with Gasteiger partial charge in [0.05, 0.1) is 11.5 Å². The summed E-state index contributed by atoms with van der Waals surface area (Å²) in [6, 6.07) is 7.15. The fourth-order valence-electron chi connectivity index (χ4n) is 1.71. The first-order valence-electron chi connectivity index (χ1n) is 6.62. The van der Waals surface area contributed by atoms with Gasteiger partial charge in [-0.2, -0.15) is 0 Å². The van der Waals surface area contributed by atoms with Crippen LogP contribution in [0.1, 0.15) is 18.4 Å². The normalized spacial score (nSPS) is 11.1. The van der Waals surface area contributed by atoms with Crippen LogP contribution in [0.15, 0.2) is 24.3 Å². The van der Waals surface area contributed by atoms with Crippen molar-refractivity contribution in [3.05, 3.63) is 29.8 Å². The number of rotatable bonds is 9. The van der Waals surface area contributed by atoms with E-state index in [2.05, 4.69) is 5.32 Å². The predicted molar refractivity (Wildman–Crippen MR) is 87.8 cm³/mol. The van der Waals surface area contributed by atoms with E-state index in [1.54, 1.807) is 18.2 Å². The number of amides is 1. The molecule has 122 valence electrons. The van der Waals surface area contributed by atoms with Crippen LogP contribution in [0.4, 0.5) is 5.69 Å². The molecule has 0 saturated heterocycles. The summed E-state index contributed by atoms with van der Waals surface area (Å²) in [6.45, 7) is 0.